The van der Waals surface area contributed by atoms with Crippen LogP contribution in [-0.2, 0) is 9.53 Å². The van der Waals surface area contributed by atoms with Crippen molar-refractivity contribution in [1.82, 2.24) is 0 Å². The highest BCUT2D eigenvalue weighted by Crippen LogP contribution is 2.27. The molecule has 4 nitrogen and oxygen atoms in total. The molecule has 0 N–H and O–H groups in total. The molecule has 0 amide bonds. The predicted octanol–water partition coefficient (Wildman–Crippen LogP) is 3.07. The Labute approximate surface area is 111 Å². The lowest BCUT2D eigenvalue weighted by atomic mass is 10.3. The van der Waals surface area contributed by atoms with Gasteiger partial charge in [-0.1, -0.05) is 6.07 Å². The van der Waals surface area contributed by atoms with Crippen LogP contribution in [0.3, 0.4) is 0 Å². The quantitative estimate of drug-likeness (QED) is 0.452. The standard InChI is InChI=1S/C14H17FO4/c1-4-17-11-7-6-8-12(14(11)15)19-10(3)9-13(16)18-5-2/h6-9H,4-5H2,1-3H3/b10-9-. The van der Waals surface area contributed by atoms with Gasteiger partial charge in [0.2, 0.25) is 5.82 Å². The minimum Gasteiger partial charge on any atom is -0.491 e. The fraction of sp³-hybridized carbons (Fsp3) is 0.357. The molecule has 1 aromatic carbocycles. The molecule has 1 rings (SSSR count). The molecule has 0 fully saturated rings. The number of allylic oxidation sites excluding steroid dienone is 1. The zero-order valence-corrected chi connectivity index (χ0v) is 11.2. The number of ether oxygens (including phenoxy) is 3. The summed E-state index contributed by atoms with van der Waals surface area (Å²) < 4.78 is 29.0. The third-order valence-electron chi connectivity index (χ3n) is 2.11. The molecule has 0 aliphatic carbocycles. The fourth-order valence-corrected chi connectivity index (χ4v) is 1.39. The average molecular weight is 268 g/mol. The van der Waals surface area contributed by atoms with Crippen molar-refractivity contribution in [1.29, 1.82) is 0 Å². The molecule has 5 heteroatoms. The van der Waals surface area contributed by atoms with Crippen LogP contribution in [-0.4, -0.2) is 19.2 Å². The second kappa shape index (κ2) is 7.41. The molecule has 0 bridgehead atoms. The summed E-state index contributed by atoms with van der Waals surface area (Å²) >= 11 is 0. The monoisotopic (exact) mass is 268 g/mol. The highest BCUT2D eigenvalue weighted by Gasteiger charge is 2.11. The minimum absolute atomic E-state index is 0.00370. The molecule has 0 unspecified atom stereocenters. The second-order valence-corrected chi connectivity index (χ2v) is 3.61. The van der Waals surface area contributed by atoms with Crippen LogP contribution in [0.2, 0.25) is 0 Å². The Morgan fingerprint density at radius 3 is 2.58 bits per heavy atom. The Hall–Kier alpha value is -2.04. The number of carbonyl (C=O) groups excluding carboxylic acids is 1. The lowest BCUT2D eigenvalue weighted by molar-refractivity contribution is -0.137. The topological polar surface area (TPSA) is 44.8 Å². The SMILES string of the molecule is CCOC(=O)/C=C(/C)Oc1cccc(OCC)c1F. The van der Waals surface area contributed by atoms with E-state index in [-0.39, 0.29) is 23.9 Å². The van der Waals surface area contributed by atoms with Crippen LogP contribution in [0.4, 0.5) is 4.39 Å². The molecular weight excluding hydrogens is 251 g/mol. The summed E-state index contributed by atoms with van der Waals surface area (Å²) in [4.78, 5) is 11.2. The van der Waals surface area contributed by atoms with Crippen molar-refractivity contribution >= 4 is 5.97 Å². The van der Waals surface area contributed by atoms with E-state index in [2.05, 4.69) is 0 Å². The number of halogens is 1. The smallest absolute Gasteiger partial charge is 0.334 e. The Bertz CT molecular complexity index is 469. The first-order valence-electron chi connectivity index (χ1n) is 6.02. The normalized spacial score (nSPS) is 11.1. The van der Waals surface area contributed by atoms with Crippen molar-refractivity contribution in [2.75, 3.05) is 13.2 Å². The first-order chi connectivity index (χ1) is 9.08. The number of rotatable bonds is 6. The van der Waals surface area contributed by atoms with Crippen LogP contribution in [0, 0.1) is 5.82 Å². The zero-order valence-electron chi connectivity index (χ0n) is 11.2. The highest BCUT2D eigenvalue weighted by molar-refractivity contribution is 5.82. The van der Waals surface area contributed by atoms with Crippen molar-refractivity contribution in [3.63, 3.8) is 0 Å². The van der Waals surface area contributed by atoms with E-state index in [1.807, 2.05) is 0 Å². The maximum Gasteiger partial charge on any atom is 0.334 e. The third kappa shape index (κ3) is 4.62. The van der Waals surface area contributed by atoms with Gasteiger partial charge in [0.05, 0.1) is 19.3 Å². The Morgan fingerprint density at radius 2 is 1.95 bits per heavy atom. The summed E-state index contributed by atoms with van der Waals surface area (Å²) in [5.74, 6) is -0.763. The van der Waals surface area contributed by atoms with Crippen LogP contribution >= 0.6 is 0 Å². The van der Waals surface area contributed by atoms with Gasteiger partial charge >= 0.3 is 5.97 Å². The van der Waals surface area contributed by atoms with Crippen LogP contribution in [0.15, 0.2) is 30.0 Å². The van der Waals surface area contributed by atoms with E-state index in [9.17, 15) is 9.18 Å². The largest absolute Gasteiger partial charge is 0.491 e. The molecule has 0 radical (unpaired) electrons. The maximum absolute atomic E-state index is 13.9. The lowest BCUT2D eigenvalue weighted by Crippen LogP contribution is -2.04. The number of hydrogen-bond donors (Lipinski definition) is 0. The van der Waals surface area contributed by atoms with E-state index in [4.69, 9.17) is 14.2 Å². The molecule has 19 heavy (non-hydrogen) atoms. The van der Waals surface area contributed by atoms with Gasteiger partial charge in [-0.3, -0.25) is 0 Å². The molecule has 0 heterocycles. The van der Waals surface area contributed by atoms with Gasteiger partial charge in [0.1, 0.15) is 5.76 Å². The van der Waals surface area contributed by atoms with E-state index >= 15 is 0 Å². The third-order valence-corrected chi connectivity index (χ3v) is 2.11. The minimum atomic E-state index is -0.596. The number of carbonyl (C=O) groups is 1. The summed E-state index contributed by atoms with van der Waals surface area (Å²) in [6.07, 6.45) is 1.16. The highest BCUT2D eigenvalue weighted by atomic mass is 19.1. The summed E-state index contributed by atoms with van der Waals surface area (Å²) in [7, 11) is 0. The van der Waals surface area contributed by atoms with Crippen molar-refractivity contribution in [3.8, 4) is 11.5 Å². The van der Waals surface area contributed by atoms with Gasteiger partial charge < -0.3 is 14.2 Å². The average Bonchev–Trinajstić information content (AvgIpc) is 2.34. The maximum atomic E-state index is 13.9. The molecule has 1 aromatic rings. The van der Waals surface area contributed by atoms with Crippen LogP contribution in [0.25, 0.3) is 0 Å². The Morgan fingerprint density at radius 1 is 1.26 bits per heavy atom. The molecule has 0 spiro atoms. The van der Waals surface area contributed by atoms with Gasteiger partial charge in [-0.2, -0.15) is 4.39 Å². The van der Waals surface area contributed by atoms with Gasteiger partial charge in [-0.15, -0.1) is 0 Å². The molecule has 0 saturated carbocycles. The molecule has 0 aliphatic rings. The number of benzene rings is 1. The number of hydrogen-bond acceptors (Lipinski definition) is 4. The van der Waals surface area contributed by atoms with E-state index < -0.39 is 11.8 Å². The van der Waals surface area contributed by atoms with Gasteiger partial charge in [-0.25, -0.2) is 4.79 Å². The summed E-state index contributed by atoms with van der Waals surface area (Å²) in [5.41, 5.74) is 0. The Balaban J connectivity index is 2.82. The summed E-state index contributed by atoms with van der Waals surface area (Å²) in [5, 5.41) is 0. The van der Waals surface area contributed by atoms with Crippen molar-refractivity contribution in [2.45, 2.75) is 20.8 Å². The van der Waals surface area contributed by atoms with Crippen molar-refractivity contribution in [3.05, 3.63) is 35.9 Å². The van der Waals surface area contributed by atoms with Crippen LogP contribution < -0.4 is 9.47 Å². The van der Waals surface area contributed by atoms with Gasteiger partial charge in [-0.05, 0) is 32.9 Å². The van der Waals surface area contributed by atoms with Crippen molar-refractivity contribution in [2.24, 2.45) is 0 Å². The van der Waals surface area contributed by atoms with E-state index in [1.54, 1.807) is 26.8 Å². The fourth-order valence-electron chi connectivity index (χ4n) is 1.39. The van der Waals surface area contributed by atoms with Gasteiger partial charge in [0, 0.05) is 0 Å². The molecule has 0 saturated heterocycles. The van der Waals surface area contributed by atoms with Crippen molar-refractivity contribution < 1.29 is 23.4 Å². The lowest BCUT2D eigenvalue weighted by Gasteiger charge is -2.10. The zero-order chi connectivity index (χ0) is 14.3. The van der Waals surface area contributed by atoms with E-state index in [1.165, 1.54) is 12.1 Å². The second-order valence-electron chi connectivity index (χ2n) is 3.61. The summed E-state index contributed by atoms with van der Waals surface area (Å²) in [6, 6.07) is 4.58. The molecule has 104 valence electrons. The van der Waals surface area contributed by atoms with E-state index in [0.717, 1.165) is 6.08 Å². The first kappa shape index (κ1) is 15.0. The van der Waals surface area contributed by atoms with Gasteiger partial charge in [0.15, 0.2) is 11.5 Å². The Kier molecular flexibility index (Phi) is 5.85. The van der Waals surface area contributed by atoms with Gasteiger partial charge in [0.25, 0.3) is 0 Å². The molecular formula is C14H17FO4. The van der Waals surface area contributed by atoms with Crippen LogP contribution in [0.1, 0.15) is 20.8 Å². The predicted molar refractivity (Wildman–Crippen MR) is 68.6 cm³/mol. The molecule has 0 atom stereocenters. The number of esters is 1. The van der Waals surface area contributed by atoms with E-state index in [0.29, 0.717) is 6.61 Å². The molecule has 0 aliphatic heterocycles. The molecule has 0 aromatic heterocycles. The van der Waals surface area contributed by atoms with Crippen LogP contribution in [0.5, 0.6) is 11.5 Å². The summed E-state index contributed by atoms with van der Waals surface area (Å²) in [6.45, 7) is 5.64. The first-order valence-corrected chi connectivity index (χ1v) is 6.02.